The van der Waals surface area contributed by atoms with Crippen molar-refractivity contribution in [3.63, 3.8) is 0 Å². The maximum atomic E-state index is 12.5. The Labute approximate surface area is 134 Å². The van der Waals surface area contributed by atoms with Crippen LogP contribution in [0.1, 0.15) is 15.2 Å². The van der Waals surface area contributed by atoms with Crippen LogP contribution in [0.2, 0.25) is 0 Å². The van der Waals surface area contributed by atoms with Gasteiger partial charge in [0.05, 0.1) is 3.79 Å². The summed E-state index contributed by atoms with van der Waals surface area (Å²) in [5, 5.41) is 8.94. The van der Waals surface area contributed by atoms with Crippen molar-refractivity contribution in [2.24, 2.45) is 0 Å². The van der Waals surface area contributed by atoms with E-state index in [2.05, 4.69) is 20.9 Å². The fourth-order valence-electron chi connectivity index (χ4n) is 1.63. The van der Waals surface area contributed by atoms with Crippen molar-refractivity contribution in [2.75, 3.05) is 7.05 Å². The fraction of sp³-hybridized carbons (Fsp3) is 0.167. The first-order chi connectivity index (χ1) is 9.82. The van der Waals surface area contributed by atoms with Crippen LogP contribution in [0.4, 0.5) is 0 Å². The number of carboxylic acids is 1. The zero-order valence-electron chi connectivity index (χ0n) is 10.9. The monoisotopic (exact) mass is 390 g/mol. The van der Waals surface area contributed by atoms with Crippen LogP contribution >= 0.6 is 27.3 Å². The lowest BCUT2D eigenvalue weighted by Crippen LogP contribution is -2.26. The van der Waals surface area contributed by atoms with Gasteiger partial charge in [0.1, 0.15) is 9.77 Å². The largest absolute Gasteiger partial charge is 0.477 e. The first kappa shape index (κ1) is 16.1. The van der Waals surface area contributed by atoms with E-state index >= 15 is 0 Å². The van der Waals surface area contributed by atoms with E-state index in [-0.39, 0.29) is 20.1 Å². The molecular weight excluding hydrogens is 380 g/mol. The van der Waals surface area contributed by atoms with Crippen molar-refractivity contribution in [1.29, 1.82) is 0 Å². The van der Waals surface area contributed by atoms with Gasteiger partial charge in [0.2, 0.25) is 10.0 Å². The lowest BCUT2D eigenvalue weighted by atomic mass is 10.3. The van der Waals surface area contributed by atoms with Crippen LogP contribution in [0.5, 0.6) is 0 Å². The second kappa shape index (κ2) is 6.22. The molecule has 2 heterocycles. The first-order valence-corrected chi connectivity index (χ1v) is 8.75. The zero-order valence-corrected chi connectivity index (χ0v) is 14.1. The number of sulfonamides is 1. The van der Waals surface area contributed by atoms with Gasteiger partial charge in [-0.25, -0.2) is 13.2 Å². The Morgan fingerprint density at radius 2 is 2.24 bits per heavy atom. The summed E-state index contributed by atoms with van der Waals surface area (Å²) in [5.41, 5.74) is 0.744. The third-order valence-electron chi connectivity index (χ3n) is 2.68. The van der Waals surface area contributed by atoms with Crippen molar-refractivity contribution >= 4 is 43.3 Å². The highest BCUT2D eigenvalue weighted by molar-refractivity contribution is 9.11. The Balaban J connectivity index is 2.31. The molecule has 0 aromatic carbocycles. The predicted octanol–water partition coefficient (Wildman–Crippen LogP) is 2.42. The molecule has 0 aliphatic carbocycles. The van der Waals surface area contributed by atoms with Gasteiger partial charge >= 0.3 is 5.97 Å². The SMILES string of the molecule is CN(Cc1cccnc1)S(=O)(=O)c1cc(C(=O)O)sc1Br. The Bertz CT molecular complexity index is 759. The minimum atomic E-state index is -3.77. The third-order valence-corrected chi connectivity index (χ3v) is 6.73. The van der Waals surface area contributed by atoms with Gasteiger partial charge in [-0.2, -0.15) is 4.31 Å². The average molecular weight is 391 g/mol. The van der Waals surface area contributed by atoms with Crippen LogP contribution < -0.4 is 0 Å². The van der Waals surface area contributed by atoms with Gasteiger partial charge in [0.15, 0.2) is 0 Å². The summed E-state index contributed by atoms with van der Waals surface area (Å²) < 4.78 is 26.4. The molecule has 0 aliphatic heterocycles. The van der Waals surface area contributed by atoms with E-state index in [1.54, 1.807) is 24.5 Å². The number of rotatable bonds is 5. The van der Waals surface area contributed by atoms with Crippen LogP contribution in [0.25, 0.3) is 0 Å². The first-order valence-electron chi connectivity index (χ1n) is 5.70. The molecule has 2 aromatic rings. The van der Waals surface area contributed by atoms with Gasteiger partial charge in [-0.05, 0) is 33.6 Å². The summed E-state index contributed by atoms with van der Waals surface area (Å²) in [6.45, 7) is 0.154. The molecule has 0 unspecified atom stereocenters. The van der Waals surface area contributed by atoms with Crippen LogP contribution in [0.3, 0.4) is 0 Å². The van der Waals surface area contributed by atoms with Gasteiger partial charge in [-0.1, -0.05) is 6.07 Å². The number of aromatic carboxylic acids is 1. The Morgan fingerprint density at radius 3 is 2.76 bits per heavy atom. The van der Waals surface area contributed by atoms with E-state index in [9.17, 15) is 13.2 Å². The number of hydrogen-bond acceptors (Lipinski definition) is 5. The van der Waals surface area contributed by atoms with Crippen molar-refractivity contribution in [2.45, 2.75) is 11.4 Å². The van der Waals surface area contributed by atoms with E-state index in [0.717, 1.165) is 27.3 Å². The third kappa shape index (κ3) is 3.49. The molecule has 2 aromatic heterocycles. The molecule has 0 radical (unpaired) electrons. The molecule has 0 spiro atoms. The molecule has 0 saturated carbocycles. The molecule has 6 nitrogen and oxygen atoms in total. The summed E-state index contributed by atoms with van der Waals surface area (Å²) >= 11 is 3.98. The second-order valence-corrected chi connectivity index (χ2v) is 8.56. The molecular formula is C12H11BrN2O4S2. The molecule has 0 atom stereocenters. The van der Waals surface area contributed by atoms with E-state index in [1.807, 2.05) is 0 Å². The van der Waals surface area contributed by atoms with E-state index in [0.29, 0.717) is 0 Å². The number of halogens is 1. The van der Waals surface area contributed by atoms with Gasteiger partial charge in [-0.3, -0.25) is 4.98 Å². The number of hydrogen-bond donors (Lipinski definition) is 1. The molecule has 0 amide bonds. The predicted molar refractivity (Wildman–Crippen MR) is 81.9 cm³/mol. The second-order valence-electron chi connectivity index (χ2n) is 4.18. The van der Waals surface area contributed by atoms with Crippen LogP contribution in [-0.2, 0) is 16.6 Å². The van der Waals surface area contributed by atoms with Crippen molar-refractivity contribution in [1.82, 2.24) is 9.29 Å². The van der Waals surface area contributed by atoms with Crippen LogP contribution in [0.15, 0.2) is 39.3 Å². The number of thiophene rings is 1. The lowest BCUT2D eigenvalue weighted by molar-refractivity contribution is 0.0702. The fourth-order valence-corrected chi connectivity index (χ4v) is 5.14. The Morgan fingerprint density at radius 1 is 1.52 bits per heavy atom. The molecule has 112 valence electrons. The highest BCUT2D eigenvalue weighted by Crippen LogP contribution is 2.33. The van der Waals surface area contributed by atoms with Crippen molar-refractivity contribution < 1.29 is 18.3 Å². The molecule has 1 N–H and O–H groups in total. The summed E-state index contributed by atoms with van der Waals surface area (Å²) in [6, 6.07) is 4.65. The molecule has 2 rings (SSSR count). The highest BCUT2D eigenvalue weighted by Gasteiger charge is 2.27. The number of carbonyl (C=O) groups is 1. The van der Waals surface area contributed by atoms with Gasteiger partial charge in [0, 0.05) is 26.0 Å². The van der Waals surface area contributed by atoms with Crippen LogP contribution in [0, 0.1) is 0 Å². The summed E-state index contributed by atoms with van der Waals surface area (Å²) in [7, 11) is -2.34. The minimum absolute atomic E-state index is 0.0322. The maximum Gasteiger partial charge on any atom is 0.345 e. The van der Waals surface area contributed by atoms with Gasteiger partial charge in [-0.15, -0.1) is 11.3 Å². The lowest BCUT2D eigenvalue weighted by Gasteiger charge is -2.16. The van der Waals surface area contributed by atoms with E-state index in [4.69, 9.17) is 5.11 Å². The van der Waals surface area contributed by atoms with E-state index in [1.165, 1.54) is 7.05 Å². The van der Waals surface area contributed by atoms with Crippen LogP contribution in [-0.4, -0.2) is 35.8 Å². The maximum absolute atomic E-state index is 12.5. The number of pyridine rings is 1. The normalized spacial score (nSPS) is 11.8. The Hall–Kier alpha value is -1.29. The quantitative estimate of drug-likeness (QED) is 0.846. The molecule has 0 aliphatic rings. The molecule has 21 heavy (non-hydrogen) atoms. The summed E-state index contributed by atoms with van der Waals surface area (Å²) in [6.07, 6.45) is 3.18. The van der Waals surface area contributed by atoms with E-state index < -0.39 is 16.0 Å². The van der Waals surface area contributed by atoms with Gasteiger partial charge < -0.3 is 5.11 Å². The highest BCUT2D eigenvalue weighted by atomic mass is 79.9. The van der Waals surface area contributed by atoms with Gasteiger partial charge in [0.25, 0.3) is 0 Å². The standard InChI is InChI=1S/C12H11BrN2O4S2/c1-15(7-8-3-2-4-14-6-8)21(18,19)10-5-9(12(16)17)20-11(10)13/h2-6H,7H2,1H3,(H,16,17). The smallest absolute Gasteiger partial charge is 0.345 e. The molecule has 0 fully saturated rings. The number of aromatic nitrogens is 1. The average Bonchev–Trinajstić information content (AvgIpc) is 2.83. The number of carboxylic acid groups (broad SMARTS) is 1. The summed E-state index contributed by atoms with van der Waals surface area (Å²) in [4.78, 5) is 14.8. The molecule has 0 saturated heterocycles. The number of nitrogens with zero attached hydrogens (tertiary/aromatic N) is 2. The summed E-state index contributed by atoms with van der Waals surface area (Å²) in [5.74, 6) is -1.16. The Kier molecular flexibility index (Phi) is 4.77. The van der Waals surface area contributed by atoms with Crippen molar-refractivity contribution in [3.05, 3.63) is 44.8 Å². The minimum Gasteiger partial charge on any atom is -0.477 e. The molecule has 0 bridgehead atoms. The zero-order chi connectivity index (χ0) is 15.6. The topological polar surface area (TPSA) is 87.6 Å². The van der Waals surface area contributed by atoms with Crippen molar-refractivity contribution in [3.8, 4) is 0 Å². The molecule has 9 heteroatoms.